The Bertz CT molecular complexity index is 1140. The quantitative estimate of drug-likeness (QED) is 0.229. The summed E-state index contributed by atoms with van der Waals surface area (Å²) in [6.07, 6.45) is 3.58. The number of carbonyl (C=O) groups excluding carboxylic acids is 1. The molecule has 190 valence electrons. The second kappa shape index (κ2) is 11.1. The molecule has 35 heavy (non-hydrogen) atoms. The third kappa shape index (κ3) is 5.45. The Labute approximate surface area is 204 Å². The van der Waals surface area contributed by atoms with Crippen molar-refractivity contribution >= 4 is 34.7 Å². The smallest absolute Gasteiger partial charge is 0.333 e. The van der Waals surface area contributed by atoms with E-state index in [9.17, 15) is 25.2 Å². The number of aliphatic hydroxyl groups is 2. The van der Waals surface area contributed by atoms with E-state index >= 15 is 0 Å². The minimum absolute atomic E-state index is 0.131. The van der Waals surface area contributed by atoms with Crippen LogP contribution in [0.1, 0.15) is 31.9 Å². The Hall–Kier alpha value is -3.07. The van der Waals surface area contributed by atoms with Crippen molar-refractivity contribution in [2.75, 3.05) is 23.9 Å². The van der Waals surface area contributed by atoms with Crippen LogP contribution in [0.3, 0.4) is 0 Å². The number of hydrogen-bond acceptors (Lipinski definition) is 12. The van der Waals surface area contributed by atoms with Gasteiger partial charge in [-0.05, 0) is 19.1 Å². The molecule has 1 saturated heterocycles. The van der Waals surface area contributed by atoms with Crippen molar-refractivity contribution in [2.24, 2.45) is 0 Å². The van der Waals surface area contributed by atoms with Crippen LogP contribution < -0.4 is 10.2 Å². The van der Waals surface area contributed by atoms with Gasteiger partial charge in [0.2, 0.25) is 11.8 Å². The van der Waals surface area contributed by atoms with Crippen molar-refractivity contribution in [3.8, 4) is 11.8 Å². The summed E-state index contributed by atoms with van der Waals surface area (Å²) in [5.74, 6) is -0.199. The molecule has 1 aliphatic rings. The Kier molecular flexibility index (Phi) is 7.95. The highest BCUT2D eigenvalue weighted by molar-refractivity contribution is 7.98. The van der Waals surface area contributed by atoms with Crippen LogP contribution in [0.4, 0.5) is 5.82 Å². The van der Waals surface area contributed by atoms with Crippen molar-refractivity contribution in [3.63, 3.8) is 0 Å². The zero-order valence-electron chi connectivity index (χ0n) is 19.0. The molecule has 0 amide bonds. The SMILES string of the molecule is CSC[C@H]1O[C@@H](n2cnc3c(NCCCCCC(=O)On4c(O)ccc4O)ncnc32)[C@H](O)[C@@H]1O. The first-order valence-electron chi connectivity index (χ1n) is 11.1. The Morgan fingerprint density at radius 2 is 1.91 bits per heavy atom. The first kappa shape index (κ1) is 25.0. The van der Waals surface area contributed by atoms with E-state index in [-0.39, 0.29) is 18.2 Å². The lowest BCUT2D eigenvalue weighted by molar-refractivity contribution is -0.145. The zero-order valence-corrected chi connectivity index (χ0v) is 19.8. The summed E-state index contributed by atoms with van der Waals surface area (Å²) in [7, 11) is 0. The lowest BCUT2D eigenvalue weighted by atomic mass is 10.1. The normalized spacial score (nSPS) is 22.0. The summed E-state index contributed by atoms with van der Waals surface area (Å²) in [4.78, 5) is 29.7. The lowest BCUT2D eigenvalue weighted by Gasteiger charge is -2.16. The summed E-state index contributed by atoms with van der Waals surface area (Å²) in [5.41, 5.74) is 0.990. The largest absolute Gasteiger partial charge is 0.492 e. The Morgan fingerprint density at radius 3 is 2.66 bits per heavy atom. The number of aliphatic hydroxyl groups excluding tert-OH is 2. The van der Waals surface area contributed by atoms with Gasteiger partial charge in [0.05, 0.1) is 12.4 Å². The molecule has 0 bridgehead atoms. The van der Waals surface area contributed by atoms with Crippen LogP contribution in [-0.2, 0) is 9.53 Å². The maximum Gasteiger partial charge on any atom is 0.333 e. The predicted octanol–water partition coefficient (Wildman–Crippen LogP) is 0.649. The molecule has 0 saturated carbocycles. The highest BCUT2D eigenvalue weighted by Crippen LogP contribution is 2.33. The summed E-state index contributed by atoms with van der Waals surface area (Å²) in [5, 5.41) is 42.9. The maximum absolute atomic E-state index is 11.9. The minimum Gasteiger partial charge on any atom is -0.492 e. The number of ether oxygens (including phenoxy) is 1. The summed E-state index contributed by atoms with van der Waals surface area (Å²) < 4.78 is 8.13. The molecule has 14 heteroatoms. The number of fused-ring (bicyclic) bond motifs is 1. The van der Waals surface area contributed by atoms with Crippen molar-refractivity contribution in [2.45, 2.75) is 50.2 Å². The number of hydrogen-bond donors (Lipinski definition) is 5. The average Bonchev–Trinajstić information content (AvgIpc) is 3.49. The number of aromatic nitrogens is 5. The number of nitrogens with one attached hydrogen (secondary N) is 1. The predicted molar refractivity (Wildman–Crippen MR) is 126 cm³/mol. The van der Waals surface area contributed by atoms with Crippen LogP contribution >= 0.6 is 11.8 Å². The number of thioether (sulfide) groups is 1. The average molecular weight is 509 g/mol. The molecular weight excluding hydrogens is 480 g/mol. The standard InChI is InChI=1S/C21H28N6O7S/c1-35-9-12-17(31)18(32)21(33-12)26-11-25-16-19(23-10-24-20(16)26)22-8-4-2-3-5-15(30)34-27-13(28)6-7-14(27)29/h6-7,10-12,17-18,21,28-29,31-32H,2-5,8-9H2,1H3,(H,22,23,24)/t12-,17-,18-,21-/m1/s1. The van der Waals surface area contributed by atoms with Gasteiger partial charge in [0, 0.05) is 30.9 Å². The van der Waals surface area contributed by atoms with Gasteiger partial charge in [-0.15, -0.1) is 4.73 Å². The molecule has 4 heterocycles. The number of carbonyl (C=O) groups is 1. The van der Waals surface area contributed by atoms with Crippen molar-refractivity contribution < 1.29 is 34.8 Å². The monoisotopic (exact) mass is 508 g/mol. The van der Waals surface area contributed by atoms with Crippen LogP contribution in [0.25, 0.3) is 11.2 Å². The van der Waals surface area contributed by atoms with E-state index in [4.69, 9.17) is 9.57 Å². The highest BCUT2D eigenvalue weighted by Gasteiger charge is 2.44. The number of anilines is 1. The van der Waals surface area contributed by atoms with Crippen LogP contribution in [0, 0.1) is 0 Å². The molecule has 5 N–H and O–H groups in total. The topological polar surface area (TPSA) is 177 Å². The second-order valence-corrected chi connectivity index (χ2v) is 9.00. The molecule has 3 aromatic rings. The van der Waals surface area contributed by atoms with Crippen molar-refractivity contribution in [1.29, 1.82) is 0 Å². The van der Waals surface area contributed by atoms with Gasteiger partial charge in [-0.2, -0.15) is 11.8 Å². The number of unbranched alkanes of at least 4 members (excludes halogenated alkanes) is 2. The Morgan fingerprint density at radius 1 is 1.14 bits per heavy atom. The van der Waals surface area contributed by atoms with E-state index in [2.05, 4.69) is 20.3 Å². The van der Waals surface area contributed by atoms with Gasteiger partial charge < -0.3 is 35.3 Å². The third-order valence-electron chi connectivity index (χ3n) is 5.64. The van der Waals surface area contributed by atoms with Crippen molar-refractivity contribution in [1.82, 2.24) is 24.2 Å². The van der Waals surface area contributed by atoms with Gasteiger partial charge in [-0.25, -0.2) is 19.7 Å². The van der Waals surface area contributed by atoms with Crippen LogP contribution in [-0.4, -0.2) is 87.5 Å². The number of nitrogens with zero attached hydrogens (tertiary/aromatic N) is 5. The summed E-state index contributed by atoms with van der Waals surface area (Å²) in [6.45, 7) is 0.574. The molecule has 0 spiro atoms. The highest BCUT2D eigenvalue weighted by atomic mass is 32.2. The minimum atomic E-state index is -1.10. The molecule has 1 fully saturated rings. The lowest BCUT2D eigenvalue weighted by Crippen LogP contribution is -2.32. The number of rotatable bonds is 11. The van der Waals surface area contributed by atoms with Gasteiger partial charge >= 0.3 is 5.97 Å². The molecule has 0 aromatic carbocycles. The molecule has 0 unspecified atom stereocenters. The van der Waals surface area contributed by atoms with Gasteiger partial charge in [-0.3, -0.25) is 4.57 Å². The molecule has 13 nitrogen and oxygen atoms in total. The fourth-order valence-electron chi connectivity index (χ4n) is 3.85. The van der Waals surface area contributed by atoms with E-state index < -0.39 is 30.5 Å². The van der Waals surface area contributed by atoms with Gasteiger partial charge in [-0.1, -0.05) is 6.42 Å². The fourth-order valence-corrected chi connectivity index (χ4v) is 4.45. The molecule has 4 rings (SSSR count). The van der Waals surface area contributed by atoms with E-state index in [1.807, 2.05) is 6.26 Å². The summed E-state index contributed by atoms with van der Waals surface area (Å²) >= 11 is 1.52. The first-order chi connectivity index (χ1) is 16.9. The van der Waals surface area contributed by atoms with E-state index in [0.29, 0.717) is 40.4 Å². The fraction of sp³-hybridized carbons (Fsp3) is 0.524. The Balaban J connectivity index is 1.27. The second-order valence-electron chi connectivity index (χ2n) is 8.09. The molecule has 3 aromatic heterocycles. The molecule has 0 aliphatic carbocycles. The zero-order chi connectivity index (χ0) is 24.9. The van der Waals surface area contributed by atoms with Crippen LogP contribution in [0.15, 0.2) is 24.8 Å². The van der Waals surface area contributed by atoms with Gasteiger partial charge in [0.25, 0.3) is 0 Å². The summed E-state index contributed by atoms with van der Waals surface area (Å²) in [6, 6.07) is 2.44. The molecule has 1 aliphatic heterocycles. The van der Waals surface area contributed by atoms with E-state index in [1.165, 1.54) is 36.5 Å². The van der Waals surface area contributed by atoms with E-state index in [1.54, 1.807) is 4.57 Å². The van der Waals surface area contributed by atoms with E-state index in [0.717, 1.165) is 12.8 Å². The van der Waals surface area contributed by atoms with Gasteiger partial charge in [0.15, 0.2) is 23.2 Å². The molecular formula is C21H28N6O7S. The molecule has 0 radical (unpaired) electrons. The number of imidazole rings is 1. The number of aromatic hydroxyl groups is 2. The maximum atomic E-state index is 11.9. The van der Waals surface area contributed by atoms with Crippen molar-refractivity contribution in [3.05, 3.63) is 24.8 Å². The molecule has 4 atom stereocenters. The third-order valence-corrected chi connectivity index (χ3v) is 6.30. The van der Waals surface area contributed by atoms with Gasteiger partial charge in [0.1, 0.15) is 18.5 Å². The first-order valence-corrected chi connectivity index (χ1v) is 12.5. The van der Waals surface area contributed by atoms with Crippen LogP contribution in [0.5, 0.6) is 11.8 Å². The van der Waals surface area contributed by atoms with Crippen LogP contribution in [0.2, 0.25) is 0 Å².